The van der Waals surface area contributed by atoms with Gasteiger partial charge in [0.25, 0.3) is 10.0 Å². The molecule has 0 saturated carbocycles. The Bertz CT molecular complexity index is 936. The minimum absolute atomic E-state index is 0.158. The van der Waals surface area contributed by atoms with Gasteiger partial charge < -0.3 is 4.57 Å². The second kappa shape index (κ2) is 6.92. The Labute approximate surface area is 149 Å². The molecule has 126 valence electrons. The summed E-state index contributed by atoms with van der Waals surface area (Å²) in [5.74, 6) is 0. The number of sulfonamides is 1. The third-order valence-corrected chi connectivity index (χ3v) is 6.45. The van der Waals surface area contributed by atoms with Gasteiger partial charge in [-0.15, -0.1) is 11.3 Å². The van der Waals surface area contributed by atoms with Crippen LogP contribution in [0.15, 0.2) is 48.0 Å². The van der Waals surface area contributed by atoms with E-state index in [0.29, 0.717) is 15.7 Å². The largest absolute Gasteiger partial charge is 0.337 e. The zero-order valence-corrected chi connectivity index (χ0v) is 15.2. The first-order chi connectivity index (χ1) is 11.5. The maximum Gasteiger partial charge on any atom is 0.263 e. The highest BCUT2D eigenvalue weighted by Gasteiger charge is 2.19. The molecule has 2 heterocycles. The number of halogens is 1. The van der Waals surface area contributed by atoms with Crippen molar-refractivity contribution in [3.05, 3.63) is 58.6 Å². The maximum absolute atomic E-state index is 12.5. The Hall–Kier alpha value is -1.90. The first kappa shape index (κ1) is 16.9. The fourth-order valence-electron chi connectivity index (χ4n) is 2.18. The first-order valence-corrected chi connectivity index (χ1v) is 9.82. The van der Waals surface area contributed by atoms with Crippen LogP contribution < -0.4 is 4.72 Å². The summed E-state index contributed by atoms with van der Waals surface area (Å²) in [5, 5.41) is 0.757. The lowest BCUT2D eigenvalue weighted by Crippen LogP contribution is -2.14. The van der Waals surface area contributed by atoms with Gasteiger partial charge in [0.1, 0.15) is 0 Å². The molecule has 3 rings (SSSR count). The molecule has 0 saturated heterocycles. The third kappa shape index (κ3) is 3.77. The Morgan fingerprint density at radius 2 is 2.21 bits per heavy atom. The van der Waals surface area contributed by atoms with Crippen LogP contribution in [0.1, 0.15) is 10.4 Å². The summed E-state index contributed by atoms with van der Waals surface area (Å²) < 4.78 is 29.5. The minimum Gasteiger partial charge on any atom is -0.337 e. The molecule has 0 atom stereocenters. The number of hydrogen-bond acceptors (Lipinski definition) is 5. The first-order valence-electron chi connectivity index (χ1n) is 7.14. The second-order valence-electron chi connectivity index (χ2n) is 5.15. The van der Waals surface area contributed by atoms with Crippen LogP contribution >= 0.6 is 22.9 Å². The molecule has 0 unspecified atom stereocenters. The average Bonchev–Trinajstić information content (AvgIpc) is 3.19. The van der Waals surface area contributed by atoms with E-state index >= 15 is 0 Å². The van der Waals surface area contributed by atoms with E-state index in [9.17, 15) is 8.42 Å². The van der Waals surface area contributed by atoms with E-state index < -0.39 is 10.0 Å². The fourth-order valence-corrected chi connectivity index (χ4v) is 4.72. The van der Waals surface area contributed by atoms with Gasteiger partial charge in [-0.3, -0.25) is 4.72 Å². The van der Waals surface area contributed by atoms with Crippen LogP contribution in [0.5, 0.6) is 0 Å². The Balaban J connectivity index is 1.72. The molecule has 0 bridgehead atoms. The molecule has 0 aliphatic heterocycles. The minimum atomic E-state index is -3.71. The lowest BCUT2D eigenvalue weighted by molar-refractivity contribution is 0.600. The summed E-state index contributed by atoms with van der Waals surface area (Å²) in [6, 6.07) is 4.80. The topological polar surface area (TPSA) is 76.9 Å². The van der Waals surface area contributed by atoms with Gasteiger partial charge in [-0.05, 0) is 24.6 Å². The lowest BCUT2D eigenvalue weighted by Gasteiger charge is -2.09. The van der Waals surface area contributed by atoms with Crippen molar-refractivity contribution in [2.45, 2.75) is 24.8 Å². The molecule has 0 aliphatic carbocycles. The quantitative estimate of drug-likeness (QED) is 0.709. The maximum atomic E-state index is 12.5. The van der Waals surface area contributed by atoms with Crippen molar-refractivity contribution < 1.29 is 8.42 Å². The van der Waals surface area contributed by atoms with Crippen LogP contribution in [-0.4, -0.2) is 23.0 Å². The van der Waals surface area contributed by atoms with Crippen molar-refractivity contribution in [2.75, 3.05) is 4.72 Å². The van der Waals surface area contributed by atoms with E-state index in [1.165, 1.54) is 17.4 Å². The molecule has 24 heavy (non-hydrogen) atoms. The van der Waals surface area contributed by atoms with Gasteiger partial charge in [0, 0.05) is 41.5 Å². The monoisotopic (exact) mass is 382 g/mol. The Morgan fingerprint density at radius 3 is 2.96 bits per heavy atom. The van der Waals surface area contributed by atoms with Gasteiger partial charge in [0.05, 0.1) is 11.2 Å². The molecule has 6 nitrogen and oxygen atoms in total. The van der Waals surface area contributed by atoms with Gasteiger partial charge in [0.2, 0.25) is 0 Å². The highest BCUT2D eigenvalue weighted by molar-refractivity contribution is 7.93. The zero-order chi connectivity index (χ0) is 17.2. The molecule has 1 N–H and O–H groups in total. The SMILES string of the molecule is Cc1c(Cl)cccc1S(=O)(=O)Nc1ncc(CCn2ccnc2)s1. The van der Waals surface area contributed by atoms with Gasteiger partial charge >= 0.3 is 0 Å². The number of aryl methyl sites for hydroxylation is 2. The zero-order valence-electron chi connectivity index (χ0n) is 12.8. The molecule has 0 fully saturated rings. The van der Waals surface area contributed by atoms with Crippen molar-refractivity contribution in [3.63, 3.8) is 0 Å². The molecule has 3 aromatic rings. The average molecular weight is 383 g/mol. The van der Waals surface area contributed by atoms with E-state index in [-0.39, 0.29) is 4.90 Å². The van der Waals surface area contributed by atoms with E-state index in [1.54, 1.807) is 37.8 Å². The highest BCUT2D eigenvalue weighted by Crippen LogP contribution is 2.26. The number of nitrogens with one attached hydrogen (secondary N) is 1. The number of benzene rings is 1. The number of hydrogen-bond donors (Lipinski definition) is 1. The number of thiazole rings is 1. The van der Waals surface area contributed by atoms with Crippen LogP contribution in [0.3, 0.4) is 0 Å². The number of imidazole rings is 1. The third-order valence-electron chi connectivity index (χ3n) is 3.46. The Morgan fingerprint density at radius 1 is 1.38 bits per heavy atom. The second-order valence-corrected chi connectivity index (χ2v) is 8.32. The molecule has 9 heteroatoms. The van der Waals surface area contributed by atoms with Crippen molar-refractivity contribution in [1.82, 2.24) is 14.5 Å². The molecular formula is C15H15ClN4O2S2. The normalized spacial score (nSPS) is 11.6. The summed E-state index contributed by atoms with van der Waals surface area (Å²) in [7, 11) is -3.71. The lowest BCUT2D eigenvalue weighted by atomic mass is 10.2. The van der Waals surface area contributed by atoms with E-state index in [2.05, 4.69) is 14.7 Å². The van der Waals surface area contributed by atoms with Crippen molar-refractivity contribution in [3.8, 4) is 0 Å². The van der Waals surface area contributed by atoms with Gasteiger partial charge in [-0.2, -0.15) is 0 Å². The smallest absolute Gasteiger partial charge is 0.263 e. The van der Waals surface area contributed by atoms with Crippen molar-refractivity contribution in [2.24, 2.45) is 0 Å². The number of nitrogens with zero attached hydrogens (tertiary/aromatic N) is 3. The summed E-state index contributed by atoms with van der Waals surface area (Å²) in [6.45, 7) is 2.44. The van der Waals surface area contributed by atoms with E-state index in [4.69, 9.17) is 11.6 Å². The molecule has 1 aromatic carbocycles. The van der Waals surface area contributed by atoms with Crippen molar-refractivity contribution >= 4 is 38.1 Å². The standard InChI is InChI=1S/C15H15ClN4O2S2/c1-11-13(16)3-2-4-14(11)24(21,22)19-15-18-9-12(23-15)5-7-20-8-6-17-10-20/h2-4,6,8-10H,5,7H2,1H3,(H,18,19). The van der Waals surface area contributed by atoms with Crippen LogP contribution in [-0.2, 0) is 23.0 Å². The van der Waals surface area contributed by atoms with Crippen LogP contribution in [0, 0.1) is 6.92 Å². The number of aromatic nitrogens is 3. The van der Waals surface area contributed by atoms with Crippen LogP contribution in [0.4, 0.5) is 5.13 Å². The molecule has 0 aliphatic rings. The molecule has 0 radical (unpaired) electrons. The molecule has 0 spiro atoms. The number of rotatable bonds is 6. The summed E-state index contributed by atoms with van der Waals surface area (Å²) in [4.78, 5) is 9.28. The van der Waals surface area contributed by atoms with E-state index in [0.717, 1.165) is 17.8 Å². The predicted molar refractivity (Wildman–Crippen MR) is 95.0 cm³/mol. The Kier molecular flexibility index (Phi) is 4.88. The molecule has 2 aromatic heterocycles. The van der Waals surface area contributed by atoms with Gasteiger partial charge in [0.15, 0.2) is 5.13 Å². The summed E-state index contributed by atoms with van der Waals surface area (Å²) >= 11 is 7.32. The summed E-state index contributed by atoms with van der Waals surface area (Å²) in [5.41, 5.74) is 0.517. The van der Waals surface area contributed by atoms with Crippen LogP contribution in [0.2, 0.25) is 5.02 Å². The number of anilines is 1. The van der Waals surface area contributed by atoms with E-state index in [1.807, 2.05) is 10.8 Å². The highest BCUT2D eigenvalue weighted by atomic mass is 35.5. The predicted octanol–water partition coefficient (Wildman–Crippen LogP) is 3.34. The van der Waals surface area contributed by atoms with Gasteiger partial charge in [-0.1, -0.05) is 17.7 Å². The summed E-state index contributed by atoms with van der Waals surface area (Å²) in [6.07, 6.45) is 7.79. The van der Waals surface area contributed by atoms with Crippen LogP contribution in [0.25, 0.3) is 0 Å². The van der Waals surface area contributed by atoms with Crippen molar-refractivity contribution in [1.29, 1.82) is 0 Å². The fraction of sp³-hybridized carbons (Fsp3) is 0.200. The molecular weight excluding hydrogens is 368 g/mol. The van der Waals surface area contributed by atoms with Gasteiger partial charge in [-0.25, -0.2) is 18.4 Å². The molecule has 0 amide bonds.